The molecule has 7 nitrogen and oxygen atoms in total. The van der Waals surface area contributed by atoms with E-state index in [2.05, 4.69) is 11.9 Å². The lowest BCUT2D eigenvalue weighted by Crippen LogP contribution is -2.23. The number of thioether (sulfide) groups is 1. The quantitative estimate of drug-likeness (QED) is 0.127. The zero-order chi connectivity index (χ0) is 25.5. The topological polar surface area (TPSA) is 90.3 Å². The fourth-order valence-corrected chi connectivity index (χ4v) is 5.33. The van der Waals surface area contributed by atoms with Gasteiger partial charge in [-0.25, -0.2) is 9.78 Å². The maximum Gasteiger partial charge on any atom is 0.338 e. The molecular weight excluding hydrogens is 494 g/mol. The normalized spacial score (nSPS) is 10.8. The zero-order valence-electron chi connectivity index (χ0n) is 19.7. The summed E-state index contributed by atoms with van der Waals surface area (Å²) in [5.41, 5.74) is 2.63. The molecule has 4 rings (SSSR count). The van der Waals surface area contributed by atoms with E-state index in [-0.39, 0.29) is 23.8 Å². The van der Waals surface area contributed by atoms with E-state index in [1.165, 1.54) is 23.1 Å². The van der Waals surface area contributed by atoms with E-state index in [1.807, 2.05) is 42.6 Å². The van der Waals surface area contributed by atoms with Crippen molar-refractivity contribution in [3.8, 4) is 11.1 Å². The van der Waals surface area contributed by atoms with Crippen molar-refractivity contribution in [3.63, 3.8) is 0 Å². The molecular formula is C27H25N3O4S2. The van der Waals surface area contributed by atoms with Gasteiger partial charge < -0.3 is 10.1 Å². The summed E-state index contributed by atoms with van der Waals surface area (Å²) < 4.78 is 6.66. The third-order valence-corrected chi connectivity index (χ3v) is 7.08. The number of aromatic nitrogens is 2. The molecule has 36 heavy (non-hydrogen) atoms. The van der Waals surface area contributed by atoms with Crippen LogP contribution in [0, 0.1) is 0 Å². The number of rotatable bonds is 10. The molecule has 0 aliphatic carbocycles. The Bertz CT molecular complexity index is 1440. The number of allylic oxidation sites excluding steroid dienone is 1. The van der Waals surface area contributed by atoms with Gasteiger partial charge in [0.25, 0.3) is 5.56 Å². The van der Waals surface area contributed by atoms with Gasteiger partial charge in [-0.15, -0.1) is 17.9 Å². The van der Waals surface area contributed by atoms with Crippen LogP contribution in [0.2, 0.25) is 0 Å². The van der Waals surface area contributed by atoms with Crippen molar-refractivity contribution in [2.75, 3.05) is 17.7 Å². The van der Waals surface area contributed by atoms with Crippen molar-refractivity contribution in [1.29, 1.82) is 0 Å². The summed E-state index contributed by atoms with van der Waals surface area (Å²) in [5.74, 6) is -0.584. The van der Waals surface area contributed by atoms with Crippen LogP contribution in [-0.4, -0.2) is 33.8 Å². The predicted octanol–water partition coefficient (Wildman–Crippen LogP) is 5.61. The van der Waals surface area contributed by atoms with E-state index in [0.717, 1.165) is 17.5 Å². The minimum absolute atomic E-state index is 0.0618. The Morgan fingerprint density at radius 2 is 1.92 bits per heavy atom. The number of amides is 1. The molecule has 0 aliphatic rings. The molecule has 1 N–H and O–H groups in total. The highest BCUT2D eigenvalue weighted by Gasteiger charge is 2.18. The van der Waals surface area contributed by atoms with E-state index in [9.17, 15) is 14.4 Å². The number of ether oxygens (including phenoxy) is 1. The van der Waals surface area contributed by atoms with Gasteiger partial charge in [-0.2, -0.15) is 0 Å². The van der Waals surface area contributed by atoms with Crippen molar-refractivity contribution < 1.29 is 14.3 Å². The number of nitrogens with zero attached hydrogens (tertiary/aromatic N) is 2. The Morgan fingerprint density at radius 3 is 2.61 bits per heavy atom. The third-order valence-electron chi connectivity index (χ3n) is 5.23. The third kappa shape index (κ3) is 5.75. The summed E-state index contributed by atoms with van der Waals surface area (Å²) >= 11 is 2.60. The largest absolute Gasteiger partial charge is 0.462 e. The van der Waals surface area contributed by atoms with Crippen LogP contribution in [-0.2, 0) is 16.1 Å². The first-order chi connectivity index (χ1) is 17.5. The maximum atomic E-state index is 13.4. The van der Waals surface area contributed by atoms with Crippen molar-refractivity contribution in [3.05, 3.63) is 88.5 Å². The first kappa shape index (κ1) is 25.4. The van der Waals surface area contributed by atoms with E-state index in [0.29, 0.717) is 33.2 Å². The van der Waals surface area contributed by atoms with Crippen LogP contribution in [0.25, 0.3) is 21.3 Å². The standard InChI is InChI=1S/C27H25N3O4S2/c1-3-14-30-25(32)23-21(18-8-6-5-7-9-18)16-35-24(23)29-27(30)36-17-22(31)28-20-12-10-19(11-13-20)26(33)34-15-4-2/h3,5-13,16H,1,4,14-15,17H2,2H3,(H,28,31). The Morgan fingerprint density at radius 1 is 1.17 bits per heavy atom. The van der Waals surface area contributed by atoms with Crippen molar-refractivity contribution in [2.24, 2.45) is 0 Å². The van der Waals surface area contributed by atoms with E-state index in [1.54, 1.807) is 34.9 Å². The smallest absolute Gasteiger partial charge is 0.338 e. The van der Waals surface area contributed by atoms with Gasteiger partial charge in [0, 0.05) is 23.2 Å². The molecule has 0 saturated heterocycles. The fourth-order valence-electron chi connectivity index (χ4n) is 3.53. The van der Waals surface area contributed by atoms with Gasteiger partial charge in [-0.3, -0.25) is 14.2 Å². The molecule has 184 valence electrons. The molecule has 2 aromatic heterocycles. The van der Waals surface area contributed by atoms with Gasteiger partial charge in [-0.1, -0.05) is 55.1 Å². The average Bonchev–Trinajstić information content (AvgIpc) is 3.33. The van der Waals surface area contributed by atoms with E-state index >= 15 is 0 Å². The van der Waals surface area contributed by atoms with Crippen LogP contribution in [0.4, 0.5) is 5.69 Å². The molecule has 0 atom stereocenters. The van der Waals surface area contributed by atoms with Gasteiger partial charge in [-0.05, 0) is 36.2 Å². The lowest BCUT2D eigenvalue weighted by molar-refractivity contribution is -0.113. The number of nitrogens with one attached hydrogen (secondary N) is 1. The molecule has 0 bridgehead atoms. The number of esters is 1. The van der Waals surface area contributed by atoms with Crippen LogP contribution < -0.4 is 10.9 Å². The summed E-state index contributed by atoms with van der Waals surface area (Å²) in [7, 11) is 0. The molecule has 2 heterocycles. The summed E-state index contributed by atoms with van der Waals surface area (Å²) in [5, 5.41) is 5.77. The molecule has 0 saturated carbocycles. The Hall–Kier alpha value is -3.69. The van der Waals surface area contributed by atoms with Crippen LogP contribution in [0.1, 0.15) is 23.7 Å². The summed E-state index contributed by atoms with van der Waals surface area (Å²) in [6, 6.07) is 16.3. The Kier molecular flexibility index (Phi) is 8.35. The highest BCUT2D eigenvalue weighted by Crippen LogP contribution is 2.32. The number of hydrogen-bond acceptors (Lipinski definition) is 7. The van der Waals surface area contributed by atoms with Gasteiger partial charge in [0.2, 0.25) is 5.91 Å². The summed E-state index contributed by atoms with van der Waals surface area (Å²) in [6.45, 7) is 6.34. The molecule has 9 heteroatoms. The number of hydrogen-bond donors (Lipinski definition) is 1. The second-order valence-electron chi connectivity index (χ2n) is 7.84. The number of benzene rings is 2. The number of fused-ring (bicyclic) bond motifs is 1. The van der Waals surface area contributed by atoms with Crippen LogP contribution in [0.15, 0.2) is 82.6 Å². The number of thiophene rings is 1. The lowest BCUT2D eigenvalue weighted by atomic mass is 10.1. The second kappa shape index (κ2) is 11.8. The van der Waals surface area contributed by atoms with Crippen LogP contribution in [0.5, 0.6) is 0 Å². The van der Waals surface area contributed by atoms with Crippen molar-refractivity contribution in [2.45, 2.75) is 25.0 Å². The first-order valence-corrected chi connectivity index (χ1v) is 13.3. The second-order valence-corrected chi connectivity index (χ2v) is 9.65. The van der Waals surface area contributed by atoms with Gasteiger partial charge in [0.1, 0.15) is 4.83 Å². The number of anilines is 1. The molecule has 0 unspecified atom stereocenters. The average molecular weight is 520 g/mol. The molecule has 2 aromatic carbocycles. The van der Waals surface area contributed by atoms with E-state index < -0.39 is 5.97 Å². The van der Waals surface area contributed by atoms with Crippen molar-refractivity contribution in [1.82, 2.24) is 9.55 Å². The minimum atomic E-state index is -0.393. The monoisotopic (exact) mass is 519 g/mol. The molecule has 0 radical (unpaired) electrons. The number of carbonyl (C=O) groups excluding carboxylic acids is 2. The van der Waals surface area contributed by atoms with Gasteiger partial charge >= 0.3 is 5.97 Å². The SMILES string of the molecule is C=CCn1c(SCC(=O)Nc2ccc(C(=O)OCCC)cc2)nc2scc(-c3ccccc3)c2c1=O. The first-order valence-electron chi connectivity index (χ1n) is 11.4. The Labute approximate surface area is 216 Å². The van der Waals surface area contributed by atoms with E-state index in [4.69, 9.17) is 9.72 Å². The highest BCUT2D eigenvalue weighted by molar-refractivity contribution is 7.99. The summed E-state index contributed by atoms with van der Waals surface area (Å²) in [4.78, 5) is 43.3. The molecule has 0 spiro atoms. The molecule has 4 aromatic rings. The summed E-state index contributed by atoms with van der Waals surface area (Å²) in [6.07, 6.45) is 2.39. The van der Waals surface area contributed by atoms with Crippen LogP contribution in [0.3, 0.4) is 0 Å². The Balaban J connectivity index is 1.49. The lowest BCUT2D eigenvalue weighted by Gasteiger charge is -2.11. The molecule has 1 amide bonds. The zero-order valence-corrected chi connectivity index (χ0v) is 21.4. The van der Waals surface area contributed by atoms with Crippen LogP contribution >= 0.6 is 23.1 Å². The molecule has 0 fully saturated rings. The highest BCUT2D eigenvalue weighted by atomic mass is 32.2. The fraction of sp³-hybridized carbons (Fsp3) is 0.185. The molecule has 0 aliphatic heterocycles. The van der Waals surface area contributed by atoms with Gasteiger partial charge in [0.05, 0.1) is 23.3 Å². The van der Waals surface area contributed by atoms with Gasteiger partial charge in [0.15, 0.2) is 5.16 Å². The predicted molar refractivity (Wildman–Crippen MR) is 146 cm³/mol. The maximum absolute atomic E-state index is 13.4. The minimum Gasteiger partial charge on any atom is -0.462 e. The number of carbonyl (C=O) groups is 2. The van der Waals surface area contributed by atoms with Crippen molar-refractivity contribution >= 4 is 50.9 Å².